The summed E-state index contributed by atoms with van der Waals surface area (Å²) in [5.41, 5.74) is 7.26. The fraction of sp³-hybridized carbons (Fsp3) is 0.222. The van der Waals surface area contributed by atoms with E-state index in [1.165, 1.54) is 11.1 Å². The molecule has 1 fully saturated rings. The monoisotopic (exact) mass is 554 g/mol. The van der Waals surface area contributed by atoms with Crippen molar-refractivity contribution in [1.82, 2.24) is 19.7 Å². The zero-order valence-electron chi connectivity index (χ0n) is 23.7. The summed E-state index contributed by atoms with van der Waals surface area (Å²) in [5, 5.41) is 1.09. The highest BCUT2D eigenvalue weighted by atomic mass is 16.2. The summed E-state index contributed by atoms with van der Waals surface area (Å²) in [4.78, 5) is 37.3. The number of hydrogen-bond acceptors (Lipinski definition) is 3. The maximum Gasteiger partial charge on any atom is 0.255 e. The molecule has 0 saturated carbocycles. The predicted octanol–water partition coefficient (Wildman–Crippen LogP) is 5.96. The minimum Gasteiger partial charge on any atom is -0.358 e. The molecule has 5 aromatic rings. The second-order valence-corrected chi connectivity index (χ2v) is 11.3. The molecule has 1 atom stereocenters. The zero-order valence-corrected chi connectivity index (χ0v) is 23.7. The van der Waals surface area contributed by atoms with Crippen LogP contribution < -0.4 is 0 Å². The molecule has 1 aromatic heterocycles. The van der Waals surface area contributed by atoms with Crippen LogP contribution in [0, 0.1) is 6.92 Å². The average molecular weight is 555 g/mol. The van der Waals surface area contributed by atoms with Crippen LogP contribution in [0.25, 0.3) is 10.9 Å². The number of aromatic nitrogens is 1. The molecule has 2 aliphatic rings. The largest absolute Gasteiger partial charge is 0.358 e. The summed E-state index contributed by atoms with van der Waals surface area (Å²) < 4.78 is 0. The summed E-state index contributed by atoms with van der Waals surface area (Å²) in [6.07, 6.45) is 0. The van der Waals surface area contributed by atoms with Crippen LogP contribution in [-0.4, -0.2) is 64.2 Å². The Bertz CT molecular complexity index is 1700. The van der Waals surface area contributed by atoms with Gasteiger partial charge in [-0.1, -0.05) is 97.1 Å². The van der Waals surface area contributed by atoms with E-state index in [2.05, 4.69) is 77.5 Å². The number of carbonyl (C=O) groups is 2. The fourth-order valence-electron chi connectivity index (χ4n) is 6.86. The number of aromatic amines is 1. The van der Waals surface area contributed by atoms with E-state index >= 15 is 0 Å². The van der Waals surface area contributed by atoms with Crippen molar-refractivity contribution in [3.8, 4) is 0 Å². The molecule has 1 N–H and O–H groups in total. The number of piperazine rings is 1. The Hall–Kier alpha value is -4.68. The molecule has 0 radical (unpaired) electrons. The van der Waals surface area contributed by atoms with E-state index in [0.29, 0.717) is 18.7 Å². The van der Waals surface area contributed by atoms with Gasteiger partial charge in [-0.2, -0.15) is 0 Å². The van der Waals surface area contributed by atoms with Crippen molar-refractivity contribution in [3.05, 3.63) is 143 Å². The van der Waals surface area contributed by atoms with Crippen LogP contribution in [0.5, 0.6) is 0 Å². The number of para-hydroxylation sites is 1. The summed E-state index contributed by atoms with van der Waals surface area (Å²) in [7, 11) is 0. The molecule has 0 unspecified atom stereocenters. The Morgan fingerprint density at radius 3 is 2.07 bits per heavy atom. The molecule has 42 heavy (non-hydrogen) atoms. The lowest BCUT2D eigenvalue weighted by Crippen LogP contribution is -2.52. The van der Waals surface area contributed by atoms with Gasteiger partial charge < -0.3 is 14.8 Å². The van der Waals surface area contributed by atoms with Crippen LogP contribution in [0.3, 0.4) is 0 Å². The molecule has 0 aliphatic carbocycles. The molecule has 0 bridgehead atoms. The normalized spacial score (nSPS) is 17.3. The third-order valence-corrected chi connectivity index (χ3v) is 8.84. The van der Waals surface area contributed by atoms with E-state index < -0.39 is 0 Å². The summed E-state index contributed by atoms with van der Waals surface area (Å²) >= 11 is 0. The van der Waals surface area contributed by atoms with Crippen LogP contribution in [0.4, 0.5) is 0 Å². The highest BCUT2D eigenvalue weighted by molar-refractivity contribution is 6.02. The standard InChI is InChI=1S/C36H34N4O2/c1-25-33(30-18-10-11-19-31(30)37-25)35-28-16-8-9-17-29(28)36(42)40(35)24-32(41)38-20-22-39(23-21-38)34(26-12-4-2-5-13-26)27-14-6-3-7-15-27/h2-19,34-35,37H,20-24H2,1H3/t35-/m0/s1. The highest BCUT2D eigenvalue weighted by Gasteiger charge is 2.41. The van der Waals surface area contributed by atoms with Gasteiger partial charge in [-0.25, -0.2) is 0 Å². The number of aryl methyl sites for hydroxylation is 1. The van der Waals surface area contributed by atoms with Crippen molar-refractivity contribution in [2.75, 3.05) is 32.7 Å². The van der Waals surface area contributed by atoms with Gasteiger partial charge in [0.1, 0.15) is 6.54 Å². The summed E-state index contributed by atoms with van der Waals surface area (Å²) in [6.45, 7) is 4.88. The Kier molecular flexibility index (Phi) is 6.84. The van der Waals surface area contributed by atoms with E-state index in [0.717, 1.165) is 40.8 Å². The number of benzene rings is 4. The number of carbonyl (C=O) groups excluding carboxylic acids is 2. The summed E-state index contributed by atoms with van der Waals surface area (Å²) in [5.74, 6) is -0.0882. The van der Waals surface area contributed by atoms with Crippen molar-refractivity contribution in [1.29, 1.82) is 0 Å². The van der Waals surface area contributed by atoms with Gasteiger partial charge >= 0.3 is 0 Å². The zero-order chi connectivity index (χ0) is 28.6. The smallest absolute Gasteiger partial charge is 0.255 e. The number of fused-ring (bicyclic) bond motifs is 2. The number of nitrogens with one attached hydrogen (secondary N) is 1. The highest BCUT2D eigenvalue weighted by Crippen LogP contribution is 2.42. The maximum atomic E-state index is 13.8. The predicted molar refractivity (Wildman–Crippen MR) is 165 cm³/mol. The van der Waals surface area contributed by atoms with Crippen LogP contribution in [0.1, 0.15) is 50.4 Å². The number of H-pyrrole nitrogens is 1. The first-order chi connectivity index (χ1) is 20.6. The Morgan fingerprint density at radius 2 is 1.38 bits per heavy atom. The van der Waals surface area contributed by atoms with Gasteiger partial charge in [-0.3, -0.25) is 14.5 Å². The quantitative estimate of drug-likeness (QED) is 0.282. The van der Waals surface area contributed by atoms with Gasteiger partial charge in [0.05, 0.1) is 12.1 Å². The van der Waals surface area contributed by atoms with E-state index in [1.54, 1.807) is 4.90 Å². The SMILES string of the molecule is Cc1[nH]c2ccccc2c1[C@@H]1c2ccccc2C(=O)N1CC(=O)N1CCN(C(c2ccccc2)c2ccccc2)CC1. The minimum absolute atomic E-state index is 0.00530. The van der Waals surface area contributed by atoms with Gasteiger partial charge in [0.15, 0.2) is 0 Å². The molecular formula is C36H34N4O2. The number of hydrogen-bond donors (Lipinski definition) is 1. The third-order valence-electron chi connectivity index (χ3n) is 8.84. The molecule has 2 amide bonds. The van der Waals surface area contributed by atoms with Crippen molar-refractivity contribution in [2.24, 2.45) is 0 Å². The van der Waals surface area contributed by atoms with E-state index in [1.807, 2.05) is 53.4 Å². The van der Waals surface area contributed by atoms with Gasteiger partial charge in [0.25, 0.3) is 5.91 Å². The fourth-order valence-corrected chi connectivity index (χ4v) is 6.86. The van der Waals surface area contributed by atoms with Gasteiger partial charge in [0.2, 0.25) is 5.91 Å². The molecule has 3 heterocycles. The van der Waals surface area contributed by atoms with E-state index in [4.69, 9.17) is 0 Å². The van der Waals surface area contributed by atoms with Crippen molar-refractivity contribution in [2.45, 2.75) is 19.0 Å². The van der Waals surface area contributed by atoms with E-state index in [-0.39, 0.29) is 30.4 Å². The lowest BCUT2D eigenvalue weighted by molar-refractivity contribution is -0.134. The second kappa shape index (κ2) is 11.0. The van der Waals surface area contributed by atoms with Crippen molar-refractivity contribution >= 4 is 22.7 Å². The van der Waals surface area contributed by atoms with Crippen LogP contribution in [0.2, 0.25) is 0 Å². The van der Waals surface area contributed by atoms with Gasteiger partial charge in [0, 0.05) is 53.9 Å². The van der Waals surface area contributed by atoms with Crippen LogP contribution >= 0.6 is 0 Å². The molecular weight excluding hydrogens is 520 g/mol. The molecule has 4 aromatic carbocycles. The molecule has 0 spiro atoms. The first kappa shape index (κ1) is 26.2. The third kappa shape index (κ3) is 4.58. The lowest BCUT2D eigenvalue weighted by Gasteiger charge is -2.40. The molecule has 7 rings (SSSR count). The van der Waals surface area contributed by atoms with Gasteiger partial charge in [-0.05, 0) is 35.7 Å². The molecule has 2 aliphatic heterocycles. The second-order valence-electron chi connectivity index (χ2n) is 11.3. The minimum atomic E-state index is -0.310. The van der Waals surface area contributed by atoms with Crippen LogP contribution in [-0.2, 0) is 4.79 Å². The van der Waals surface area contributed by atoms with Crippen LogP contribution in [0.15, 0.2) is 109 Å². The van der Waals surface area contributed by atoms with E-state index in [9.17, 15) is 9.59 Å². The Morgan fingerprint density at radius 1 is 0.786 bits per heavy atom. The maximum absolute atomic E-state index is 13.8. The van der Waals surface area contributed by atoms with Crippen molar-refractivity contribution < 1.29 is 9.59 Å². The number of rotatable bonds is 6. The molecule has 1 saturated heterocycles. The molecule has 6 nitrogen and oxygen atoms in total. The van der Waals surface area contributed by atoms with Crippen molar-refractivity contribution in [3.63, 3.8) is 0 Å². The Labute approximate surface area is 246 Å². The lowest BCUT2D eigenvalue weighted by atomic mass is 9.95. The first-order valence-electron chi connectivity index (χ1n) is 14.7. The summed E-state index contributed by atoms with van der Waals surface area (Å²) in [6, 6.07) is 36.9. The molecule has 210 valence electrons. The average Bonchev–Trinajstić information content (AvgIpc) is 3.50. The Balaban J connectivity index is 1.13. The topological polar surface area (TPSA) is 59.7 Å². The number of nitrogens with zero attached hydrogens (tertiary/aromatic N) is 3. The number of amides is 2. The molecule has 6 heteroatoms. The van der Waals surface area contributed by atoms with Gasteiger partial charge in [-0.15, -0.1) is 0 Å². The first-order valence-corrected chi connectivity index (χ1v) is 14.7.